The second-order valence-electron chi connectivity index (χ2n) is 16.2. The topological polar surface area (TPSA) is 231 Å². The average molecular weight is 805 g/mol. The Kier molecular flexibility index (Phi) is 18.4. The van der Waals surface area contributed by atoms with Gasteiger partial charge in [-0.05, 0) is 56.6 Å². The van der Waals surface area contributed by atoms with Gasteiger partial charge in [0.1, 0.15) is 30.2 Å². The maximum absolute atomic E-state index is 13.3. The number of hydrogen-bond donors (Lipinski definition) is 9. The minimum atomic E-state index is -2.31. The quantitative estimate of drug-likeness (QED) is 0.0525. The number of aliphatic hydroxyl groups excluding tert-OH is 5. The number of rotatable bonds is 20. The summed E-state index contributed by atoms with van der Waals surface area (Å²) in [5.41, 5.74) is -0.695. The zero-order chi connectivity index (χ0) is 42.7. The van der Waals surface area contributed by atoms with Crippen molar-refractivity contribution in [3.63, 3.8) is 0 Å². The zero-order valence-electron chi connectivity index (χ0n) is 34.7. The molecule has 3 heterocycles. The summed E-state index contributed by atoms with van der Waals surface area (Å²) in [6, 6.07) is 1.33. The number of aromatic amines is 1. The van der Waals surface area contributed by atoms with Crippen molar-refractivity contribution in [2.24, 2.45) is 23.2 Å². The number of hydrogen-bond acceptors (Lipinski definition) is 12. The third kappa shape index (κ3) is 11.5. The first-order valence-corrected chi connectivity index (χ1v) is 20.2. The molecule has 1 aromatic heterocycles. The van der Waals surface area contributed by atoms with Crippen LogP contribution >= 0.6 is 0 Å². The molecular weight excluding hydrogens is 736 g/mol. The SMILES string of the molecule is CCC/C=C/[C@@H]1O[C@](O)([C@H](CC)C(=O)NC/C=C/C=C(\C)[C@@H](OC)[C@@H](C)[C@@H]2O[C@H](/C=C/CCCC(C)C(O)c3c(O)cc[nH]c3=O)[C@H](O)[C@@H]2O)[C@H](O)[C@H](O)C1(C)C. The van der Waals surface area contributed by atoms with Crippen LogP contribution in [0.3, 0.4) is 0 Å². The Hall–Kier alpha value is -3.18. The van der Waals surface area contributed by atoms with Crippen LogP contribution in [0.15, 0.2) is 65.2 Å². The van der Waals surface area contributed by atoms with Crippen LogP contribution in [-0.2, 0) is 19.0 Å². The second kappa shape index (κ2) is 21.7. The second-order valence-corrected chi connectivity index (χ2v) is 16.2. The summed E-state index contributed by atoms with van der Waals surface area (Å²) in [5, 5.41) is 78.7. The highest BCUT2D eigenvalue weighted by Crippen LogP contribution is 2.44. The van der Waals surface area contributed by atoms with E-state index in [1.165, 1.54) is 12.3 Å². The van der Waals surface area contributed by atoms with Crippen LogP contribution in [0.4, 0.5) is 0 Å². The van der Waals surface area contributed by atoms with Crippen molar-refractivity contribution in [2.45, 2.75) is 148 Å². The molecule has 2 aliphatic heterocycles. The van der Waals surface area contributed by atoms with Gasteiger partial charge >= 0.3 is 0 Å². The monoisotopic (exact) mass is 804 g/mol. The average Bonchev–Trinajstić information content (AvgIpc) is 3.45. The first-order chi connectivity index (χ1) is 26.9. The van der Waals surface area contributed by atoms with Gasteiger partial charge in [-0.25, -0.2) is 0 Å². The Morgan fingerprint density at radius 3 is 2.37 bits per heavy atom. The number of unbranched alkanes of at least 4 members (excludes halogenated alkanes) is 2. The molecule has 2 saturated heterocycles. The third-order valence-electron chi connectivity index (χ3n) is 11.6. The van der Waals surface area contributed by atoms with Gasteiger partial charge in [-0.15, -0.1) is 0 Å². The Morgan fingerprint density at radius 2 is 1.74 bits per heavy atom. The van der Waals surface area contributed by atoms with E-state index >= 15 is 0 Å². The van der Waals surface area contributed by atoms with E-state index in [1.54, 1.807) is 59.1 Å². The van der Waals surface area contributed by atoms with Gasteiger partial charge in [0.25, 0.3) is 5.56 Å². The van der Waals surface area contributed by atoms with Crippen molar-refractivity contribution < 1.29 is 54.8 Å². The van der Waals surface area contributed by atoms with Crippen LogP contribution in [0.5, 0.6) is 5.75 Å². The lowest BCUT2D eigenvalue weighted by atomic mass is 9.71. The number of nitrogens with one attached hydrogen (secondary N) is 2. The van der Waals surface area contributed by atoms with E-state index in [9.17, 15) is 45.3 Å². The van der Waals surface area contributed by atoms with Crippen LogP contribution in [0.2, 0.25) is 0 Å². The molecule has 2 fully saturated rings. The summed E-state index contributed by atoms with van der Waals surface area (Å²) in [5.74, 6) is -4.92. The molecule has 0 radical (unpaired) electrons. The number of aromatic nitrogens is 1. The van der Waals surface area contributed by atoms with Gasteiger partial charge in [0.05, 0.1) is 42.0 Å². The van der Waals surface area contributed by atoms with E-state index < -0.39 is 83.5 Å². The summed E-state index contributed by atoms with van der Waals surface area (Å²) >= 11 is 0. The molecule has 9 N–H and O–H groups in total. The lowest BCUT2D eigenvalue weighted by molar-refractivity contribution is -0.360. The molecule has 0 aromatic carbocycles. The van der Waals surface area contributed by atoms with Crippen molar-refractivity contribution >= 4 is 5.91 Å². The molecule has 322 valence electrons. The summed E-state index contributed by atoms with van der Waals surface area (Å²) in [4.78, 5) is 27.9. The Labute approximate surface area is 337 Å². The largest absolute Gasteiger partial charge is 0.507 e. The van der Waals surface area contributed by atoms with E-state index in [4.69, 9.17) is 14.2 Å². The number of H-pyrrole nitrogens is 1. The highest BCUT2D eigenvalue weighted by molar-refractivity contribution is 5.80. The van der Waals surface area contributed by atoms with Crippen LogP contribution in [0.1, 0.15) is 98.7 Å². The molecule has 0 bridgehead atoms. The molecule has 14 heteroatoms. The fourth-order valence-corrected chi connectivity index (χ4v) is 7.83. The van der Waals surface area contributed by atoms with Crippen LogP contribution in [0, 0.1) is 23.2 Å². The van der Waals surface area contributed by atoms with Crippen LogP contribution in [0.25, 0.3) is 0 Å². The number of ether oxygens (including phenoxy) is 3. The highest BCUT2D eigenvalue weighted by atomic mass is 16.7. The van der Waals surface area contributed by atoms with E-state index in [-0.39, 0.29) is 36.1 Å². The lowest BCUT2D eigenvalue weighted by Crippen LogP contribution is -2.69. The summed E-state index contributed by atoms with van der Waals surface area (Å²) in [7, 11) is 1.55. The number of carbonyl (C=O) groups excluding carboxylic acids is 1. The molecule has 2 aliphatic rings. The number of aliphatic hydroxyl groups is 6. The minimum absolute atomic E-state index is 0.0535. The Morgan fingerprint density at radius 1 is 1.05 bits per heavy atom. The van der Waals surface area contributed by atoms with Gasteiger partial charge in [0.2, 0.25) is 11.7 Å². The smallest absolute Gasteiger partial charge is 0.257 e. The Bertz CT molecular complexity index is 1610. The van der Waals surface area contributed by atoms with Crippen molar-refractivity contribution in [3.05, 3.63) is 76.3 Å². The highest BCUT2D eigenvalue weighted by Gasteiger charge is 2.60. The number of amides is 1. The maximum atomic E-state index is 13.3. The van der Waals surface area contributed by atoms with Crippen LogP contribution in [-0.4, -0.2) is 115 Å². The Balaban J connectivity index is 1.54. The van der Waals surface area contributed by atoms with E-state index in [0.29, 0.717) is 19.3 Å². The van der Waals surface area contributed by atoms with E-state index in [2.05, 4.69) is 10.3 Å². The molecular formula is C43H68N2O12. The predicted octanol–water partition coefficient (Wildman–Crippen LogP) is 3.45. The first kappa shape index (κ1) is 48.2. The first-order valence-electron chi connectivity index (χ1n) is 20.2. The molecule has 57 heavy (non-hydrogen) atoms. The van der Waals surface area contributed by atoms with Crippen molar-refractivity contribution in [2.75, 3.05) is 13.7 Å². The van der Waals surface area contributed by atoms with Crippen molar-refractivity contribution in [1.82, 2.24) is 10.3 Å². The van der Waals surface area contributed by atoms with Crippen molar-refractivity contribution in [1.29, 1.82) is 0 Å². The standard InChI is InChI=1S/C43H68N2O12/c1-9-11-13-21-31-42(6,7)38(50)39(51)43(54,57-31)28(10-2)40(52)44-23-17-16-19-26(4)36(55-8)27(5)37-35(49)34(48)30(56-37)20-15-12-14-18-25(3)33(47)32-29(46)22-24-45-41(32)53/h13,15-17,19-22,24-25,27-28,30-31,33-39,47-51,54H,9-12,14,18,23H2,1-8H3,(H,44,52)(H2,45,46,53)/b17-16+,20-15+,21-13+,26-19+/t25?,27-,28-,30-,31+,33?,34+,35+,36-,37+,38+,39-,43-/m1/s1. The van der Waals surface area contributed by atoms with Crippen molar-refractivity contribution in [3.8, 4) is 5.75 Å². The summed E-state index contributed by atoms with van der Waals surface area (Å²) in [6.07, 6.45) is 8.26. The molecule has 13 atom stereocenters. The number of allylic oxidation sites excluding steroid dienone is 4. The summed E-state index contributed by atoms with van der Waals surface area (Å²) in [6.45, 7) is 12.8. The number of carbonyl (C=O) groups is 1. The zero-order valence-corrected chi connectivity index (χ0v) is 34.7. The van der Waals surface area contributed by atoms with Gasteiger partial charge < -0.3 is 60.3 Å². The molecule has 14 nitrogen and oxygen atoms in total. The van der Waals surface area contributed by atoms with E-state index in [0.717, 1.165) is 18.4 Å². The van der Waals surface area contributed by atoms with Gasteiger partial charge in [0, 0.05) is 31.2 Å². The van der Waals surface area contributed by atoms with E-state index in [1.807, 2.05) is 39.0 Å². The van der Waals surface area contributed by atoms with Gasteiger partial charge in [0.15, 0.2) is 0 Å². The predicted molar refractivity (Wildman–Crippen MR) is 216 cm³/mol. The fourth-order valence-electron chi connectivity index (χ4n) is 7.83. The molecule has 1 aromatic rings. The van der Waals surface area contributed by atoms with Gasteiger partial charge in [-0.1, -0.05) is 90.5 Å². The molecule has 3 rings (SSSR count). The number of methoxy groups -OCH3 is 1. The molecule has 0 saturated carbocycles. The van der Waals surface area contributed by atoms with Crippen LogP contribution < -0.4 is 10.9 Å². The number of aromatic hydroxyl groups is 1. The van der Waals surface area contributed by atoms with Gasteiger partial charge in [-0.3, -0.25) is 9.59 Å². The molecule has 0 spiro atoms. The molecule has 1 amide bonds. The maximum Gasteiger partial charge on any atom is 0.257 e. The molecule has 2 unspecified atom stereocenters. The lowest BCUT2D eigenvalue weighted by Gasteiger charge is -2.53. The normalized spacial score (nSPS) is 30.8. The van der Waals surface area contributed by atoms with Gasteiger partial charge in [-0.2, -0.15) is 0 Å². The minimum Gasteiger partial charge on any atom is -0.507 e. The third-order valence-corrected chi connectivity index (χ3v) is 11.6. The summed E-state index contributed by atoms with van der Waals surface area (Å²) < 4.78 is 17.9. The fraction of sp³-hybridized carbons (Fsp3) is 0.674. The number of pyridine rings is 1. The molecule has 0 aliphatic carbocycles.